The van der Waals surface area contributed by atoms with E-state index >= 15 is 0 Å². The van der Waals surface area contributed by atoms with E-state index in [1.54, 1.807) is 0 Å². The second kappa shape index (κ2) is 12.0. The van der Waals surface area contributed by atoms with Gasteiger partial charge in [-0.25, -0.2) is 9.97 Å². The molecule has 0 atom stereocenters. The first kappa shape index (κ1) is 30.9. The molecule has 0 aliphatic rings. The molecule has 0 aliphatic carbocycles. The number of hydrogen-bond acceptors (Lipinski definition) is 3. The number of furan rings is 1. The Morgan fingerprint density at radius 2 is 0.911 bits per heavy atom. The Bertz CT molecular complexity index is 3380. The first-order valence-electron chi connectivity index (χ1n) is 19.0. The van der Waals surface area contributed by atoms with E-state index in [1.165, 1.54) is 32.3 Å². The first-order chi connectivity index (χ1) is 27.8. The standard InChI is InChI=1S/C52H31N3O/c1-3-16-34(17-4-1)41-30-42(35-18-5-2-6-19-35)54-52(53-41)40-24-13-25-46-51(40)50-39-23-12-11-22-38(39)45(31-47(50)56-46)55-43-28-26-32-14-7-9-20-36(32)48(43)49-37-21-10-8-15-33(37)27-29-44(49)55/h1-31H. The van der Waals surface area contributed by atoms with E-state index in [-0.39, 0.29) is 0 Å². The van der Waals surface area contributed by atoms with Crippen molar-refractivity contribution in [1.29, 1.82) is 0 Å². The van der Waals surface area contributed by atoms with Gasteiger partial charge in [0.15, 0.2) is 5.82 Å². The Hall–Kier alpha value is -7.56. The molecule has 0 amide bonds. The van der Waals surface area contributed by atoms with Crippen molar-refractivity contribution in [2.24, 2.45) is 0 Å². The maximum Gasteiger partial charge on any atom is 0.161 e. The van der Waals surface area contributed by atoms with Crippen LogP contribution in [0.25, 0.3) is 116 Å². The van der Waals surface area contributed by atoms with Crippen molar-refractivity contribution < 1.29 is 4.42 Å². The zero-order chi connectivity index (χ0) is 36.7. The molecule has 260 valence electrons. The SMILES string of the molecule is c1ccc(-c2cc(-c3ccccc3)nc(-c3cccc4oc5cc(-n6c7ccc8ccccc8c7c7c8ccccc8ccc76)c6ccccc6c5c34)n2)cc1. The molecule has 0 fully saturated rings. The summed E-state index contributed by atoms with van der Waals surface area (Å²) in [6.45, 7) is 0. The Morgan fingerprint density at radius 3 is 1.52 bits per heavy atom. The fourth-order valence-corrected chi connectivity index (χ4v) is 8.92. The van der Waals surface area contributed by atoms with Gasteiger partial charge in [0.2, 0.25) is 0 Å². The summed E-state index contributed by atoms with van der Waals surface area (Å²) in [5, 5.41) is 11.8. The number of aromatic nitrogens is 3. The van der Waals surface area contributed by atoms with Gasteiger partial charge in [-0.1, -0.05) is 158 Å². The van der Waals surface area contributed by atoms with Crippen molar-refractivity contribution in [3.05, 3.63) is 188 Å². The van der Waals surface area contributed by atoms with Crippen LogP contribution in [-0.4, -0.2) is 14.5 Å². The first-order valence-corrected chi connectivity index (χ1v) is 19.0. The summed E-state index contributed by atoms with van der Waals surface area (Å²) in [6, 6.07) is 66.5. The largest absolute Gasteiger partial charge is 0.456 e. The second-order valence-electron chi connectivity index (χ2n) is 14.5. The lowest BCUT2D eigenvalue weighted by Crippen LogP contribution is -1.97. The molecule has 0 saturated carbocycles. The third-order valence-electron chi connectivity index (χ3n) is 11.4. The summed E-state index contributed by atoms with van der Waals surface area (Å²) in [5.41, 5.74) is 9.78. The van der Waals surface area contributed by atoms with Crippen LogP contribution in [0.15, 0.2) is 192 Å². The summed E-state index contributed by atoms with van der Waals surface area (Å²) in [5.74, 6) is 0.660. The van der Waals surface area contributed by atoms with Crippen LogP contribution in [0.1, 0.15) is 0 Å². The van der Waals surface area contributed by atoms with E-state index in [2.05, 4.69) is 174 Å². The van der Waals surface area contributed by atoms with Crippen molar-refractivity contribution in [3.63, 3.8) is 0 Å². The molecule has 56 heavy (non-hydrogen) atoms. The number of benzene rings is 9. The number of nitrogens with zero attached hydrogens (tertiary/aromatic N) is 3. The van der Waals surface area contributed by atoms with Crippen molar-refractivity contribution >= 4 is 76.1 Å². The van der Waals surface area contributed by atoms with Gasteiger partial charge in [-0.15, -0.1) is 0 Å². The van der Waals surface area contributed by atoms with Gasteiger partial charge in [0.25, 0.3) is 0 Å². The summed E-state index contributed by atoms with van der Waals surface area (Å²) in [4.78, 5) is 10.5. The summed E-state index contributed by atoms with van der Waals surface area (Å²) in [6.07, 6.45) is 0. The van der Waals surface area contributed by atoms with Crippen LogP contribution < -0.4 is 0 Å². The third kappa shape index (κ3) is 4.53. The van der Waals surface area contributed by atoms with E-state index in [0.717, 1.165) is 77.5 Å². The predicted molar refractivity (Wildman–Crippen MR) is 232 cm³/mol. The van der Waals surface area contributed by atoms with Gasteiger partial charge in [-0.3, -0.25) is 0 Å². The zero-order valence-corrected chi connectivity index (χ0v) is 30.1. The number of fused-ring (bicyclic) bond motifs is 12. The summed E-state index contributed by atoms with van der Waals surface area (Å²) in [7, 11) is 0. The van der Waals surface area contributed by atoms with Gasteiger partial charge >= 0.3 is 0 Å². The maximum atomic E-state index is 6.89. The lowest BCUT2D eigenvalue weighted by atomic mass is 9.98. The van der Waals surface area contributed by atoms with Crippen molar-refractivity contribution in [1.82, 2.24) is 14.5 Å². The average molecular weight is 714 g/mol. The lowest BCUT2D eigenvalue weighted by molar-refractivity contribution is 0.669. The highest BCUT2D eigenvalue weighted by atomic mass is 16.3. The lowest BCUT2D eigenvalue weighted by Gasteiger charge is -2.13. The predicted octanol–water partition coefficient (Wildman–Crippen LogP) is 13.9. The molecule has 9 aromatic carbocycles. The molecule has 0 saturated heterocycles. The van der Waals surface area contributed by atoms with Crippen LogP contribution in [0.4, 0.5) is 0 Å². The highest BCUT2D eigenvalue weighted by molar-refractivity contribution is 6.30. The van der Waals surface area contributed by atoms with Crippen LogP contribution in [0.5, 0.6) is 0 Å². The van der Waals surface area contributed by atoms with Gasteiger partial charge in [0, 0.05) is 49.7 Å². The summed E-state index contributed by atoms with van der Waals surface area (Å²) < 4.78 is 9.33. The number of hydrogen-bond donors (Lipinski definition) is 0. The van der Waals surface area contributed by atoms with Crippen molar-refractivity contribution in [3.8, 4) is 39.6 Å². The molecule has 0 spiro atoms. The maximum absolute atomic E-state index is 6.89. The average Bonchev–Trinajstić information content (AvgIpc) is 3.83. The second-order valence-corrected chi connectivity index (χ2v) is 14.5. The van der Waals surface area contributed by atoms with Gasteiger partial charge in [-0.2, -0.15) is 0 Å². The molecular weight excluding hydrogens is 683 g/mol. The molecule has 0 aliphatic heterocycles. The fourth-order valence-electron chi connectivity index (χ4n) is 8.92. The molecule has 12 aromatic rings. The smallest absolute Gasteiger partial charge is 0.161 e. The zero-order valence-electron chi connectivity index (χ0n) is 30.1. The van der Waals surface area contributed by atoms with E-state index in [1.807, 2.05) is 18.2 Å². The fraction of sp³-hybridized carbons (Fsp3) is 0. The van der Waals surface area contributed by atoms with Crippen LogP contribution >= 0.6 is 0 Å². The topological polar surface area (TPSA) is 43.9 Å². The Kier molecular flexibility index (Phi) is 6.60. The Labute approximate surface area is 321 Å². The molecule has 0 bridgehead atoms. The van der Waals surface area contributed by atoms with E-state index in [0.29, 0.717) is 5.82 Å². The third-order valence-corrected chi connectivity index (χ3v) is 11.4. The Morgan fingerprint density at radius 1 is 0.375 bits per heavy atom. The molecule has 0 unspecified atom stereocenters. The normalized spacial score (nSPS) is 11.9. The van der Waals surface area contributed by atoms with Crippen LogP contribution in [-0.2, 0) is 0 Å². The number of rotatable bonds is 4. The monoisotopic (exact) mass is 713 g/mol. The van der Waals surface area contributed by atoms with Crippen molar-refractivity contribution in [2.45, 2.75) is 0 Å². The van der Waals surface area contributed by atoms with Crippen molar-refractivity contribution in [2.75, 3.05) is 0 Å². The molecule has 4 heteroatoms. The molecule has 0 N–H and O–H groups in total. The van der Waals surface area contributed by atoms with Gasteiger partial charge in [0.1, 0.15) is 11.2 Å². The molecule has 3 aromatic heterocycles. The molecular formula is C52H31N3O. The molecule has 4 nitrogen and oxygen atoms in total. The molecule has 0 radical (unpaired) electrons. The molecule has 3 heterocycles. The van der Waals surface area contributed by atoms with E-state index in [9.17, 15) is 0 Å². The van der Waals surface area contributed by atoms with Crippen LogP contribution in [0, 0.1) is 0 Å². The van der Waals surface area contributed by atoms with E-state index in [4.69, 9.17) is 14.4 Å². The van der Waals surface area contributed by atoms with E-state index < -0.39 is 0 Å². The van der Waals surface area contributed by atoms with Gasteiger partial charge in [0.05, 0.1) is 28.1 Å². The minimum absolute atomic E-state index is 0.660. The highest BCUT2D eigenvalue weighted by Gasteiger charge is 2.23. The van der Waals surface area contributed by atoms with Crippen LogP contribution in [0.2, 0.25) is 0 Å². The van der Waals surface area contributed by atoms with Gasteiger partial charge < -0.3 is 8.98 Å². The highest BCUT2D eigenvalue weighted by Crippen LogP contribution is 2.46. The minimum Gasteiger partial charge on any atom is -0.456 e. The van der Waals surface area contributed by atoms with Gasteiger partial charge in [-0.05, 0) is 51.2 Å². The summed E-state index contributed by atoms with van der Waals surface area (Å²) >= 11 is 0. The minimum atomic E-state index is 0.660. The molecule has 12 rings (SSSR count). The Balaban J connectivity index is 1.17. The quantitative estimate of drug-likeness (QED) is 0.182. The van der Waals surface area contributed by atoms with Crippen LogP contribution in [0.3, 0.4) is 0 Å².